The van der Waals surface area contributed by atoms with Crippen LogP contribution in [0.5, 0.6) is 0 Å². The lowest BCUT2D eigenvalue weighted by atomic mass is 10.1. The molecule has 0 amide bonds. The van der Waals surface area contributed by atoms with Crippen LogP contribution >= 0.6 is 0 Å². The van der Waals surface area contributed by atoms with Crippen molar-refractivity contribution in [3.05, 3.63) is 17.5 Å². The second-order valence-electron chi connectivity index (χ2n) is 5.33. The molecule has 1 aliphatic heterocycles. The van der Waals surface area contributed by atoms with Crippen molar-refractivity contribution >= 4 is 11.9 Å². The smallest absolute Gasteiger partial charge is 0.339 e. The summed E-state index contributed by atoms with van der Waals surface area (Å²) in [6.45, 7) is 5.84. The average molecular weight is 263 g/mol. The number of carbonyl (C=O) groups is 1. The zero-order valence-electron chi connectivity index (χ0n) is 11.6. The third-order valence-electron chi connectivity index (χ3n) is 3.47. The Morgan fingerprint density at radius 3 is 2.42 bits per heavy atom. The molecule has 0 saturated carbocycles. The van der Waals surface area contributed by atoms with Gasteiger partial charge in [0.2, 0.25) is 5.95 Å². The molecule has 0 unspecified atom stereocenters. The standard InChI is InChI=1S/C14H21N3O2/c1-10(2)12-11(13(18)19)9-15-14(16-12)17-7-5-3-4-6-8-17/h9-10H,3-8H2,1-2H3,(H,18,19). The number of nitrogens with zero attached hydrogens (tertiary/aromatic N) is 3. The Kier molecular flexibility index (Phi) is 4.35. The lowest BCUT2D eigenvalue weighted by Gasteiger charge is -2.21. The van der Waals surface area contributed by atoms with Crippen molar-refractivity contribution in [1.29, 1.82) is 0 Å². The van der Waals surface area contributed by atoms with Crippen molar-refractivity contribution in [3.63, 3.8) is 0 Å². The third kappa shape index (κ3) is 3.22. The van der Waals surface area contributed by atoms with Gasteiger partial charge in [0.05, 0.1) is 11.3 Å². The quantitative estimate of drug-likeness (QED) is 0.908. The van der Waals surface area contributed by atoms with E-state index in [0.717, 1.165) is 25.9 Å². The maximum Gasteiger partial charge on any atom is 0.339 e. The monoisotopic (exact) mass is 263 g/mol. The zero-order chi connectivity index (χ0) is 13.8. The third-order valence-corrected chi connectivity index (χ3v) is 3.47. The molecule has 1 N–H and O–H groups in total. The van der Waals surface area contributed by atoms with Gasteiger partial charge in [-0.1, -0.05) is 26.7 Å². The highest BCUT2D eigenvalue weighted by Crippen LogP contribution is 2.21. The van der Waals surface area contributed by atoms with E-state index < -0.39 is 5.97 Å². The molecule has 19 heavy (non-hydrogen) atoms. The Hall–Kier alpha value is -1.65. The van der Waals surface area contributed by atoms with E-state index in [4.69, 9.17) is 5.11 Å². The fraction of sp³-hybridized carbons (Fsp3) is 0.643. The average Bonchev–Trinajstić information content (AvgIpc) is 2.66. The van der Waals surface area contributed by atoms with E-state index in [-0.39, 0.29) is 11.5 Å². The van der Waals surface area contributed by atoms with Gasteiger partial charge in [0.25, 0.3) is 0 Å². The Bertz CT molecular complexity index is 452. The summed E-state index contributed by atoms with van der Waals surface area (Å²) >= 11 is 0. The molecule has 0 aliphatic carbocycles. The van der Waals surface area contributed by atoms with Gasteiger partial charge < -0.3 is 10.0 Å². The van der Waals surface area contributed by atoms with E-state index in [2.05, 4.69) is 14.9 Å². The summed E-state index contributed by atoms with van der Waals surface area (Å²) in [7, 11) is 0. The van der Waals surface area contributed by atoms with Crippen molar-refractivity contribution in [3.8, 4) is 0 Å². The van der Waals surface area contributed by atoms with Gasteiger partial charge in [0.1, 0.15) is 0 Å². The van der Waals surface area contributed by atoms with Crippen molar-refractivity contribution < 1.29 is 9.90 Å². The lowest BCUT2D eigenvalue weighted by molar-refractivity contribution is 0.0694. The highest BCUT2D eigenvalue weighted by Gasteiger charge is 2.19. The maximum absolute atomic E-state index is 11.2. The van der Waals surface area contributed by atoms with Crippen molar-refractivity contribution in [2.24, 2.45) is 0 Å². The van der Waals surface area contributed by atoms with E-state index in [9.17, 15) is 4.79 Å². The van der Waals surface area contributed by atoms with Crippen molar-refractivity contribution in [2.75, 3.05) is 18.0 Å². The van der Waals surface area contributed by atoms with Crippen LogP contribution < -0.4 is 4.90 Å². The maximum atomic E-state index is 11.2. The fourth-order valence-corrected chi connectivity index (χ4v) is 2.41. The molecule has 5 nitrogen and oxygen atoms in total. The summed E-state index contributed by atoms with van der Waals surface area (Å²) in [5, 5.41) is 9.17. The van der Waals surface area contributed by atoms with Gasteiger partial charge in [-0.15, -0.1) is 0 Å². The number of hydrogen-bond donors (Lipinski definition) is 1. The zero-order valence-corrected chi connectivity index (χ0v) is 11.6. The molecule has 0 aromatic carbocycles. The summed E-state index contributed by atoms with van der Waals surface area (Å²) in [5.74, 6) is -0.193. The normalized spacial score (nSPS) is 16.5. The lowest BCUT2D eigenvalue weighted by Crippen LogP contribution is -2.27. The van der Waals surface area contributed by atoms with Crippen LogP contribution in [-0.4, -0.2) is 34.1 Å². The first-order valence-electron chi connectivity index (χ1n) is 6.94. The van der Waals surface area contributed by atoms with Crippen molar-refractivity contribution in [1.82, 2.24) is 9.97 Å². The summed E-state index contributed by atoms with van der Waals surface area (Å²) < 4.78 is 0. The molecule has 1 fully saturated rings. The predicted molar refractivity (Wildman–Crippen MR) is 73.8 cm³/mol. The van der Waals surface area contributed by atoms with Crippen LogP contribution in [0.2, 0.25) is 0 Å². The van der Waals surface area contributed by atoms with E-state index in [1.54, 1.807) is 0 Å². The molecule has 2 heterocycles. The van der Waals surface area contributed by atoms with Gasteiger partial charge in [-0.2, -0.15) is 0 Å². The summed E-state index contributed by atoms with van der Waals surface area (Å²) in [6, 6.07) is 0. The number of aromatic carboxylic acids is 1. The number of hydrogen-bond acceptors (Lipinski definition) is 4. The fourth-order valence-electron chi connectivity index (χ4n) is 2.41. The minimum Gasteiger partial charge on any atom is -0.478 e. The van der Waals surface area contributed by atoms with Crippen LogP contribution in [0.1, 0.15) is 61.5 Å². The van der Waals surface area contributed by atoms with Crippen LogP contribution in [0.4, 0.5) is 5.95 Å². The molecule has 0 atom stereocenters. The van der Waals surface area contributed by atoms with Gasteiger partial charge in [-0.25, -0.2) is 14.8 Å². The summed E-state index contributed by atoms with van der Waals surface area (Å²) in [6.07, 6.45) is 6.26. The molecule has 1 saturated heterocycles. The molecule has 0 bridgehead atoms. The largest absolute Gasteiger partial charge is 0.478 e. The molecule has 1 aromatic heterocycles. The van der Waals surface area contributed by atoms with E-state index in [1.807, 2.05) is 13.8 Å². The first kappa shape index (κ1) is 13.8. The van der Waals surface area contributed by atoms with Crippen molar-refractivity contribution in [2.45, 2.75) is 45.4 Å². The molecule has 1 aromatic rings. The van der Waals surface area contributed by atoms with Gasteiger partial charge >= 0.3 is 5.97 Å². The van der Waals surface area contributed by atoms with E-state index in [1.165, 1.54) is 19.0 Å². The molecule has 0 spiro atoms. The number of carboxylic acids is 1. The Morgan fingerprint density at radius 1 is 1.26 bits per heavy atom. The van der Waals surface area contributed by atoms with E-state index >= 15 is 0 Å². The molecular formula is C14H21N3O2. The molecule has 2 rings (SSSR count). The Labute approximate surface area is 113 Å². The van der Waals surface area contributed by atoms with Gasteiger partial charge in [0, 0.05) is 19.3 Å². The molecule has 1 aliphatic rings. The van der Waals surface area contributed by atoms with Crippen LogP contribution in [0, 0.1) is 0 Å². The number of carboxylic acid groups (broad SMARTS) is 1. The van der Waals surface area contributed by atoms with Crippen LogP contribution in [0.3, 0.4) is 0 Å². The second kappa shape index (κ2) is 5.99. The molecule has 5 heteroatoms. The van der Waals surface area contributed by atoms with Gasteiger partial charge in [0.15, 0.2) is 0 Å². The number of aromatic nitrogens is 2. The topological polar surface area (TPSA) is 66.3 Å². The van der Waals surface area contributed by atoms with Crippen LogP contribution in [0.15, 0.2) is 6.20 Å². The summed E-state index contributed by atoms with van der Waals surface area (Å²) in [4.78, 5) is 22.1. The Balaban J connectivity index is 2.31. The minimum absolute atomic E-state index is 0.0832. The predicted octanol–water partition coefficient (Wildman–Crippen LogP) is 2.68. The Morgan fingerprint density at radius 2 is 1.89 bits per heavy atom. The van der Waals surface area contributed by atoms with E-state index in [0.29, 0.717) is 11.6 Å². The highest BCUT2D eigenvalue weighted by atomic mass is 16.4. The minimum atomic E-state index is -0.953. The van der Waals surface area contributed by atoms with Gasteiger partial charge in [-0.3, -0.25) is 0 Å². The number of anilines is 1. The van der Waals surface area contributed by atoms with Crippen LogP contribution in [0.25, 0.3) is 0 Å². The second-order valence-corrected chi connectivity index (χ2v) is 5.33. The highest BCUT2D eigenvalue weighted by molar-refractivity contribution is 5.88. The van der Waals surface area contributed by atoms with Gasteiger partial charge in [-0.05, 0) is 18.8 Å². The van der Waals surface area contributed by atoms with Crippen LogP contribution in [-0.2, 0) is 0 Å². The SMILES string of the molecule is CC(C)c1nc(N2CCCCCC2)ncc1C(=O)O. The molecular weight excluding hydrogens is 242 g/mol. The summed E-state index contributed by atoms with van der Waals surface area (Å²) in [5.41, 5.74) is 0.843. The first-order valence-corrected chi connectivity index (χ1v) is 6.94. The molecule has 104 valence electrons. The molecule has 0 radical (unpaired) electrons. The first-order chi connectivity index (χ1) is 9.09. The number of rotatable bonds is 3.